The third kappa shape index (κ3) is 4.29. The van der Waals surface area contributed by atoms with E-state index in [9.17, 15) is 4.79 Å². The lowest BCUT2D eigenvalue weighted by molar-refractivity contribution is 0.0779. The number of Topliss-reactive ketones (excluding diaryl/α,β-unsaturated/α-hetero) is 1. The van der Waals surface area contributed by atoms with Crippen molar-refractivity contribution in [2.45, 2.75) is 26.8 Å². The molecule has 4 nitrogen and oxygen atoms in total. The van der Waals surface area contributed by atoms with Gasteiger partial charge in [0.05, 0.1) is 5.56 Å². The highest BCUT2D eigenvalue weighted by molar-refractivity contribution is 5.96. The fourth-order valence-electron chi connectivity index (χ4n) is 2.91. The number of hydrogen-bond donors (Lipinski definition) is 0. The highest BCUT2D eigenvalue weighted by Crippen LogP contribution is 2.18. The molecule has 116 valence electrons. The smallest absolute Gasteiger partial charge is 0.163 e. The summed E-state index contributed by atoms with van der Waals surface area (Å²) in [4.78, 5) is 16.5. The number of carbonyl (C=O) groups is 1. The van der Waals surface area contributed by atoms with E-state index in [0.717, 1.165) is 32.7 Å². The van der Waals surface area contributed by atoms with E-state index in [-0.39, 0.29) is 5.78 Å². The maximum absolute atomic E-state index is 11.5. The molecule has 0 amide bonds. The van der Waals surface area contributed by atoms with E-state index in [1.54, 1.807) is 6.92 Å². The van der Waals surface area contributed by atoms with Crippen molar-refractivity contribution in [1.82, 2.24) is 9.80 Å². The Bertz CT molecular complexity index is 476. The zero-order chi connectivity index (χ0) is 15.2. The number of piperazine rings is 1. The highest BCUT2D eigenvalue weighted by Gasteiger charge is 2.21. The molecule has 1 aliphatic heterocycles. The third-order valence-electron chi connectivity index (χ3n) is 4.19. The first kappa shape index (κ1) is 16.0. The van der Waals surface area contributed by atoms with Crippen LogP contribution in [0.15, 0.2) is 24.3 Å². The number of benzene rings is 1. The molecule has 0 aromatic heterocycles. The molecule has 21 heavy (non-hydrogen) atoms. The minimum atomic E-state index is 0.0517. The molecule has 2 rings (SSSR count). The van der Waals surface area contributed by atoms with Gasteiger partial charge in [0.1, 0.15) is 12.4 Å². The molecule has 1 heterocycles. The molecule has 0 aliphatic carbocycles. The van der Waals surface area contributed by atoms with Gasteiger partial charge in [0.2, 0.25) is 0 Å². The Morgan fingerprint density at radius 3 is 2.76 bits per heavy atom. The van der Waals surface area contributed by atoms with Gasteiger partial charge in [0.25, 0.3) is 0 Å². The average molecular weight is 290 g/mol. The van der Waals surface area contributed by atoms with Crippen molar-refractivity contribution in [3.05, 3.63) is 29.8 Å². The van der Waals surface area contributed by atoms with Crippen molar-refractivity contribution in [2.24, 2.45) is 0 Å². The summed E-state index contributed by atoms with van der Waals surface area (Å²) in [7, 11) is 0. The van der Waals surface area contributed by atoms with Crippen LogP contribution in [-0.2, 0) is 0 Å². The van der Waals surface area contributed by atoms with Crippen molar-refractivity contribution in [1.29, 1.82) is 0 Å². The fourth-order valence-corrected chi connectivity index (χ4v) is 2.91. The van der Waals surface area contributed by atoms with Crippen LogP contribution in [0.5, 0.6) is 5.75 Å². The Morgan fingerprint density at radius 1 is 1.33 bits per heavy atom. The molecule has 1 aromatic rings. The molecule has 0 saturated carbocycles. The summed E-state index contributed by atoms with van der Waals surface area (Å²) in [6.07, 6.45) is 0. The Kier molecular flexibility index (Phi) is 5.76. The molecule has 0 bridgehead atoms. The Balaban J connectivity index is 1.81. The first-order chi connectivity index (χ1) is 10.1. The SMILES string of the molecule is CCN1CCN(CCOc2ccccc2C(C)=O)CC1C. The standard InChI is InChI=1S/C17H26N2O2/c1-4-19-10-9-18(13-14(19)2)11-12-21-17-8-6-5-7-16(17)15(3)20/h5-8,14H,4,9-13H2,1-3H3. The normalized spacial score (nSPS) is 20.4. The van der Waals surface area contributed by atoms with E-state index < -0.39 is 0 Å². The van der Waals surface area contributed by atoms with Crippen LogP contribution in [0.25, 0.3) is 0 Å². The van der Waals surface area contributed by atoms with Gasteiger partial charge >= 0.3 is 0 Å². The van der Waals surface area contributed by atoms with E-state index in [1.165, 1.54) is 0 Å². The first-order valence-corrected chi connectivity index (χ1v) is 7.81. The molecule has 1 atom stereocenters. The minimum absolute atomic E-state index is 0.0517. The molecular formula is C17H26N2O2. The Morgan fingerprint density at radius 2 is 2.10 bits per heavy atom. The first-order valence-electron chi connectivity index (χ1n) is 7.81. The van der Waals surface area contributed by atoms with Gasteiger partial charge in [0.15, 0.2) is 5.78 Å². The van der Waals surface area contributed by atoms with Gasteiger partial charge in [0, 0.05) is 32.2 Å². The molecule has 4 heteroatoms. The van der Waals surface area contributed by atoms with E-state index in [4.69, 9.17) is 4.74 Å². The molecular weight excluding hydrogens is 264 g/mol. The van der Waals surface area contributed by atoms with Crippen LogP contribution in [0, 0.1) is 0 Å². The number of ketones is 1. The van der Waals surface area contributed by atoms with Gasteiger partial charge in [-0.1, -0.05) is 19.1 Å². The van der Waals surface area contributed by atoms with Gasteiger partial charge in [-0.25, -0.2) is 0 Å². The molecule has 1 aliphatic rings. The topological polar surface area (TPSA) is 32.8 Å². The van der Waals surface area contributed by atoms with Crippen LogP contribution < -0.4 is 4.74 Å². The molecule has 0 spiro atoms. The van der Waals surface area contributed by atoms with Crippen molar-refractivity contribution >= 4 is 5.78 Å². The highest BCUT2D eigenvalue weighted by atomic mass is 16.5. The average Bonchev–Trinajstić information content (AvgIpc) is 2.48. The van der Waals surface area contributed by atoms with Crippen molar-refractivity contribution in [2.75, 3.05) is 39.3 Å². The minimum Gasteiger partial charge on any atom is -0.491 e. The van der Waals surface area contributed by atoms with E-state index in [0.29, 0.717) is 24.0 Å². The van der Waals surface area contributed by atoms with Gasteiger partial charge in [-0.15, -0.1) is 0 Å². The quantitative estimate of drug-likeness (QED) is 0.753. The second-order valence-corrected chi connectivity index (χ2v) is 5.68. The monoisotopic (exact) mass is 290 g/mol. The summed E-state index contributed by atoms with van der Waals surface area (Å²) in [5.41, 5.74) is 0.668. The van der Waals surface area contributed by atoms with Gasteiger partial charge in [-0.2, -0.15) is 0 Å². The summed E-state index contributed by atoms with van der Waals surface area (Å²) in [5.74, 6) is 0.751. The number of para-hydroxylation sites is 1. The molecule has 0 radical (unpaired) electrons. The maximum Gasteiger partial charge on any atom is 0.163 e. The summed E-state index contributed by atoms with van der Waals surface area (Å²) in [6, 6.07) is 8.07. The second kappa shape index (κ2) is 7.57. The predicted molar refractivity (Wildman–Crippen MR) is 85.1 cm³/mol. The number of ether oxygens (including phenoxy) is 1. The second-order valence-electron chi connectivity index (χ2n) is 5.68. The molecule has 0 N–H and O–H groups in total. The maximum atomic E-state index is 11.5. The van der Waals surface area contributed by atoms with Gasteiger partial charge in [-0.05, 0) is 32.5 Å². The lowest BCUT2D eigenvalue weighted by Gasteiger charge is -2.39. The van der Waals surface area contributed by atoms with Crippen LogP contribution in [0.3, 0.4) is 0 Å². The summed E-state index contributed by atoms with van der Waals surface area (Å²) >= 11 is 0. The number of rotatable bonds is 6. The zero-order valence-corrected chi connectivity index (χ0v) is 13.3. The Hall–Kier alpha value is -1.39. The third-order valence-corrected chi connectivity index (χ3v) is 4.19. The molecule has 1 unspecified atom stereocenters. The van der Waals surface area contributed by atoms with E-state index in [1.807, 2.05) is 24.3 Å². The lowest BCUT2D eigenvalue weighted by atomic mass is 10.1. The molecule has 1 aromatic carbocycles. The fraction of sp³-hybridized carbons (Fsp3) is 0.588. The van der Waals surface area contributed by atoms with Crippen LogP contribution >= 0.6 is 0 Å². The number of carbonyl (C=O) groups excluding carboxylic acids is 1. The van der Waals surface area contributed by atoms with Crippen LogP contribution in [0.4, 0.5) is 0 Å². The van der Waals surface area contributed by atoms with Crippen molar-refractivity contribution in [3.8, 4) is 5.75 Å². The van der Waals surface area contributed by atoms with Gasteiger partial charge in [-0.3, -0.25) is 14.6 Å². The molecule has 1 fully saturated rings. The summed E-state index contributed by atoms with van der Waals surface area (Å²) < 4.78 is 5.81. The number of likely N-dealkylation sites (N-methyl/N-ethyl adjacent to an activating group) is 1. The summed E-state index contributed by atoms with van der Waals surface area (Å²) in [6.45, 7) is 12.0. The van der Waals surface area contributed by atoms with Crippen LogP contribution in [0.1, 0.15) is 31.1 Å². The van der Waals surface area contributed by atoms with Crippen LogP contribution in [0.2, 0.25) is 0 Å². The zero-order valence-electron chi connectivity index (χ0n) is 13.3. The number of hydrogen-bond acceptors (Lipinski definition) is 4. The van der Waals surface area contributed by atoms with Crippen molar-refractivity contribution < 1.29 is 9.53 Å². The molecule has 1 saturated heterocycles. The lowest BCUT2D eigenvalue weighted by Crippen LogP contribution is -2.52. The number of nitrogens with zero attached hydrogens (tertiary/aromatic N) is 2. The predicted octanol–water partition coefficient (Wildman–Crippen LogP) is 2.29. The summed E-state index contributed by atoms with van der Waals surface area (Å²) in [5, 5.41) is 0. The van der Waals surface area contributed by atoms with Crippen molar-refractivity contribution in [3.63, 3.8) is 0 Å². The van der Waals surface area contributed by atoms with Crippen LogP contribution in [-0.4, -0.2) is 61.0 Å². The van der Waals surface area contributed by atoms with E-state index >= 15 is 0 Å². The Labute approximate surface area is 127 Å². The largest absolute Gasteiger partial charge is 0.491 e. The van der Waals surface area contributed by atoms with E-state index in [2.05, 4.69) is 23.6 Å². The van der Waals surface area contributed by atoms with Gasteiger partial charge < -0.3 is 4.74 Å².